The van der Waals surface area contributed by atoms with E-state index in [1.807, 2.05) is 0 Å². The first-order chi connectivity index (χ1) is 6.80. The Morgan fingerprint density at radius 3 is 2.27 bits per heavy atom. The van der Waals surface area contributed by atoms with Gasteiger partial charge in [0, 0.05) is 0 Å². The summed E-state index contributed by atoms with van der Waals surface area (Å²) < 4.78 is 63.9. The second kappa shape index (κ2) is 3.92. The molecule has 0 aliphatic carbocycles. The number of benzene rings is 1. The van der Waals surface area contributed by atoms with Gasteiger partial charge in [-0.25, -0.2) is 0 Å². The first-order valence-corrected chi connectivity index (χ1v) is 3.65. The minimum atomic E-state index is -4.86. The zero-order valence-corrected chi connectivity index (χ0v) is 7.05. The molecule has 0 unspecified atom stereocenters. The van der Waals surface area contributed by atoms with Gasteiger partial charge >= 0.3 is 12.8 Å². The highest BCUT2D eigenvalue weighted by Gasteiger charge is 2.35. The summed E-state index contributed by atoms with van der Waals surface area (Å²) in [6.07, 6.45) is -4.86. The van der Waals surface area contributed by atoms with Crippen molar-refractivity contribution in [3.8, 4) is 11.5 Å². The van der Waals surface area contributed by atoms with Crippen molar-refractivity contribution in [1.82, 2.24) is 0 Å². The van der Waals surface area contributed by atoms with Crippen molar-refractivity contribution in [1.29, 1.82) is 0 Å². The largest absolute Gasteiger partial charge is 0.508 e. The average molecular weight is 228 g/mol. The molecule has 2 nitrogen and oxygen atoms in total. The number of hydrogen-bond acceptors (Lipinski definition) is 2. The van der Waals surface area contributed by atoms with Crippen LogP contribution in [0.25, 0.3) is 0 Å². The summed E-state index contributed by atoms with van der Waals surface area (Å²) in [6.45, 7) is -3.35. The molecule has 1 aromatic carbocycles. The fraction of sp³-hybridized carbons (Fsp3) is 0.250. The molecule has 0 saturated heterocycles. The van der Waals surface area contributed by atoms with Crippen molar-refractivity contribution >= 4 is 0 Å². The number of alkyl halides is 5. The van der Waals surface area contributed by atoms with E-state index in [-0.39, 0.29) is 0 Å². The molecule has 0 fully saturated rings. The van der Waals surface area contributed by atoms with Crippen LogP contribution in [0.15, 0.2) is 18.2 Å². The quantitative estimate of drug-likeness (QED) is 0.788. The van der Waals surface area contributed by atoms with Gasteiger partial charge < -0.3 is 9.84 Å². The Labute approximate surface area is 80.9 Å². The third-order valence-electron chi connectivity index (χ3n) is 1.48. The monoisotopic (exact) mass is 228 g/mol. The third kappa shape index (κ3) is 2.97. The summed E-state index contributed by atoms with van der Waals surface area (Å²) in [5, 5.41) is 8.79. The molecule has 0 saturated carbocycles. The molecule has 7 heteroatoms. The van der Waals surface area contributed by atoms with Crippen molar-refractivity contribution in [2.75, 3.05) is 0 Å². The maximum absolute atomic E-state index is 12.2. The Balaban J connectivity index is 3.15. The van der Waals surface area contributed by atoms with Crippen LogP contribution < -0.4 is 4.74 Å². The van der Waals surface area contributed by atoms with Crippen LogP contribution in [0.4, 0.5) is 22.0 Å². The summed E-state index contributed by atoms with van der Waals surface area (Å²) in [6, 6.07) is 1.77. The lowest BCUT2D eigenvalue weighted by molar-refractivity contribution is -0.142. The Bertz CT molecular complexity index is 347. The Hall–Kier alpha value is -1.53. The van der Waals surface area contributed by atoms with Gasteiger partial charge in [0.05, 0.1) is 0 Å². The molecule has 0 atom stereocenters. The zero-order valence-electron chi connectivity index (χ0n) is 7.05. The van der Waals surface area contributed by atoms with E-state index in [9.17, 15) is 22.0 Å². The predicted octanol–water partition coefficient (Wildman–Crippen LogP) is 3.01. The maximum Gasteiger partial charge on any atom is 0.420 e. The average Bonchev–Trinajstić information content (AvgIpc) is 2.05. The van der Waals surface area contributed by atoms with Gasteiger partial charge in [-0.05, 0) is 18.2 Å². The number of phenols is 1. The fourth-order valence-corrected chi connectivity index (χ4v) is 0.938. The normalized spacial score (nSPS) is 11.9. The summed E-state index contributed by atoms with van der Waals surface area (Å²) in [5.41, 5.74) is -1.44. The highest BCUT2D eigenvalue weighted by atomic mass is 19.4. The Morgan fingerprint density at radius 1 is 1.20 bits per heavy atom. The molecule has 0 amide bonds. The van der Waals surface area contributed by atoms with Gasteiger partial charge in [0.1, 0.15) is 17.1 Å². The van der Waals surface area contributed by atoms with E-state index >= 15 is 0 Å². The Kier molecular flexibility index (Phi) is 3.01. The number of phenolic OH excluding ortho intramolecular Hbond substituents is 1. The molecular weight excluding hydrogens is 223 g/mol. The van der Waals surface area contributed by atoms with Crippen LogP contribution >= 0.6 is 0 Å². The molecule has 0 aliphatic heterocycles. The van der Waals surface area contributed by atoms with Crippen molar-refractivity contribution in [2.24, 2.45) is 0 Å². The summed E-state index contributed by atoms with van der Waals surface area (Å²) >= 11 is 0. The number of ether oxygens (including phenoxy) is 1. The molecule has 0 aliphatic rings. The molecule has 0 aromatic heterocycles. The van der Waals surface area contributed by atoms with E-state index < -0.39 is 29.9 Å². The molecule has 15 heavy (non-hydrogen) atoms. The second-order valence-electron chi connectivity index (χ2n) is 2.56. The lowest BCUT2D eigenvalue weighted by atomic mass is 10.2. The molecular formula is C8H5F5O2. The van der Waals surface area contributed by atoms with E-state index in [1.54, 1.807) is 0 Å². The van der Waals surface area contributed by atoms with Gasteiger partial charge in [-0.1, -0.05) is 0 Å². The second-order valence-corrected chi connectivity index (χ2v) is 2.56. The molecule has 0 radical (unpaired) electrons. The van der Waals surface area contributed by atoms with Gasteiger partial charge in [-0.15, -0.1) is 0 Å². The topological polar surface area (TPSA) is 29.5 Å². The van der Waals surface area contributed by atoms with Crippen LogP contribution in [0.5, 0.6) is 11.5 Å². The smallest absolute Gasteiger partial charge is 0.420 e. The van der Waals surface area contributed by atoms with Crippen molar-refractivity contribution in [3.05, 3.63) is 23.8 Å². The van der Waals surface area contributed by atoms with Gasteiger partial charge in [-0.2, -0.15) is 22.0 Å². The molecule has 1 N–H and O–H groups in total. The van der Waals surface area contributed by atoms with E-state index in [1.165, 1.54) is 0 Å². The zero-order chi connectivity index (χ0) is 11.6. The molecule has 0 spiro atoms. The lowest BCUT2D eigenvalue weighted by Crippen LogP contribution is -2.11. The fourth-order valence-electron chi connectivity index (χ4n) is 0.938. The molecule has 1 rings (SSSR count). The van der Waals surface area contributed by atoms with Crippen LogP contribution in [0, 0.1) is 0 Å². The Morgan fingerprint density at radius 2 is 1.80 bits per heavy atom. The van der Waals surface area contributed by atoms with Crippen molar-refractivity contribution in [3.63, 3.8) is 0 Å². The first kappa shape index (κ1) is 11.5. The van der Waals surface area contributed by atoms with Crippen molar-refractivity contribution < 1.29 is 31.8 Å². The van der Waals surface area contributed by atoms with Gasteiger partial charge in [0.15, 0.2) is 0 Å². The van der Waals surface area contributed by atoms with Gasteiger partial charge in [0.2, 0.25) is 0 Å². The lowest BCUT2D eigenvalue weighted by Gasteiger charge is -2.13. The van der Waals surface area contributed by atoms with E-state index in [0.29, 0.717) is 12.1 Å². The van der Waals surface area contributed by atoms with E-state index in [4.69, 9.17) is 5.11 Å². The number of aromatic hydroxyl groups is 1. The number of rotatable bonds is 2. The first-order valence-electron chi connectivity index (χ1n) is 3.65. The SMILES string of the molecule is Oc1ccc(OC(F)F)c(C(F)(F)F)c1. The summed E-state index contributed by atoms with van der Waals surface area (Å²) in [7, 11) is 0. The molecule has 1 aromatic rings. The molecule has 0 heterocycles. The van der Waals surface area contributed by atoms with Crippen LogP contribution in [-0.4, -0.2) is 11.7 Å². The number of hydrogen-bond donors (Lipinski definition) is 1. The third-order valence-corrected chi connectivity index (χ3v) is 1.48. The van der Waals surface area contributed by atoms with Crippen LogP contribution in [0.2, 0.25) is 0 Å². The van der Waals surface area contributed by atoms with Crippen LogP contribution in [0.3, 0.4) is 0 Å². The predicted molar refractivity (Wildman–Crippen MR) is 39.7 cm³/mol. The molecule has 0 bridgehead atoms. The van der Waals surface area contributed by atoms with Crippen molar-refractivity contribution in [2.45, 2.75) is 12.8 Å². The highest BCUT2D eigenvalue weighted by Crippen LogP contribution is 2.38. The number of halogens is 5. The van der Waals surface area contributed by atoms with E-state index in [2.05, 4.69) is 4.74 Å². The standard InChI is InChI=1S/C8H5F5O2/c9-7(10)15-6-2-1-4(14)3-5(6)8(11,12)13/h1-3,7,14H. The van der Waals surface area contributed by atoms with Crippen LogP contribution in [0.1, 0.15) is 5.56 Å². The molecule has 84 valence electrons. The minimum absolute atomic E-state index is 0.317. The summed E-state index contributed by atoms with van der Waals surface area (Å²) in [5.74, 6) is -1.70. The van der Waals surface area contributed by atoms with Gasteiger partial charge in [-0.3, -0.25) is 0 Å². The van der Waals surface area contributed by atoms with Crippen LogP contribution in [-0.2, 0) is 6.18 Å². The van der Waals surface area contributed by atoms with Gasteiger partial charge in [0.25, 0.3) is 0 Å². The highest BCUT2D eigenvalue weighted by molar-refractivity contribution is 5.41. The minimum Gasteiger partial charge on any atom is -0.508 e. The van der Waals surface area contributed by atoms with E-state index in [0.717, 1.165) is 6.07 Å². The maximum atomic E-state index is 12.2. The summed E-state index contributed by atoms with van der Waals surface area (Å²) in [4.78, 5) is 0.